The van der Waals surface area contributed by atoms with Crippen LogP contribution in [0.1, 0.15) is 37.2 Å². The minimum atomic E-state index is -0.201. The molecule has 9 heteroatoms. The fraction of sp³-hybridized carbons (Fsp3) is 0.304. The second-order valence-corrected chi connectivity index (χ2v) is 8.46. The zero-order chi connectivity index (χ0) is 22.7. The van der Waals surface area contributed by atoms with E-state index in [2.05, 4.69) is 17.1 Å². The number of benzene rings is 2. The summed E-state index contributed by atoms with van der Waals surface area (Å²) in [5.41, 5.74) is 1.08. The predicted octanol–water partition coefficient (Wildman–Crippen LogP) is 4.59. The van der Waals surface area contributed by atoms with E-state index in [4.69, 9.17) is 19.0 Å². The van der Waals surface area contributed by atoms with Crippen LogP contribution >= 0.6 is 11.8 Å². The summed E-state index contributed by atoms with van der Waals surface area (Å²) in [4.78, 5) is 22.8. The number of aromatic nitrogens is 4. The number of thioether (sulfide) groups is 1. The van der Waals surface area contributed by atoms with E-state index >= 15 is 0 Å². The van der Waals surface area contributed by atoms with Crippen LogP contribution in [0, 0.1) is 0 Å². The molecule has 2 heterocycles. The van der Waals surface area contributed by atoms with Crippen molar-refractivity contribution in [2.75, 3.05) is 14.2 Å². The number of hydrogen-bond donors (Lipinski definition) is 0. The molecule has 0 radical (unpaired) electrons. The van der Waals surface area contributed by atoms with Gasteiger partial charge in [0.25, 0.3) is 5.56 Å². The zero-order valence-electron chi connectivity index (χ0n) is 18.4. The lowest BCUT2D eigenvalue weighted by atomic mass is 10.2. The molecule has 0 fully saturated rings. The first-order valence-corrected chi connectivity index (χ1v) is 11.2. The molecule has 2 aromatic carbocycles. The minimum Gasteiger partial charge on any atom is -0.493 e. The summed E-state index contributed by atoms with van der Waals surface area (Å²) in [6, 6.07) is 12.6. The van der Waals surface area contributed by atoms with Crippen molar-refractivity contribution in [3.63, 3.8) is 0 Å². The highest BCUT2D eigenvalue weighted by Crippen LogP contribution is 2.35. The standard InChI is InChI=1S/C23H24N4O4S/c1-5-8-20-25-21(31-26-20)14(2)32-23-24-17-10-7-6-9-16(17)22(28)27(23)15-11-12-18(29-3)19(13-15)30-4/h6-7,9-14H,5,8H2,1-4H3/t14-/m0/s1. The molecule has 1 atom stereocenters. The maximum absolute atomic E-state index is 13.5. The van der Waals surface area contributed by atoms with E-state index in [1.54, 1.807) is 43.1 Å². The summed E-state index contributed by atoms with van der Waals surface area (Å²) in [5.74, 6) is 2.28. The SMILES string of the molecule is CCCc1noc([C@H](C)Sc2nc3ccccc3c(=O)n2-c2ccc(OC)c(OC)c2)n1. The number of aryl methyl sites for hydroxylation is 1. The third kappa shape index (κ3) is 4.20. The van der Waals surface area contributed by atoms with Crippen LogP contribution in [0.15, 0.2) is 56.9 Å². The van der Waals surface area contributed by atoms with Gasteiger partial charge in [0.05, 0.1) is 36.1 Å². The molecule has 166 valence electrons. The second-order valence-electron chi connectivity index (χ2n) is 7.15. The monoisotopic (exact) mass is 452 g/mol. The van der Waals surface area contributed by atoms with Crippen molar-refractivity contribution in [2.24, 2.45) is 0 Å². The van der Waals surface area contributed by atoms with E-state index in [9.17, 15) is 4.79 Å². The molecule has 0 aliphatic carbocycles. The molecule has 0 saturated carbocycles. The van der Waals surface area contributed by atoms with Crippen LogP contribution in [-0.4, -0.2) is 33.9 Å². The van der Waals surface area contributed by atoms with Crippen molar-refractivity contribution in [1.82, 2.24) is 19.7 Å². The van der Waals surface area contributed by atoms with Gasteiger partial charge >= 0.3 is 0 Å². The topological polar surface area (TPSA) is 92.3 Å². The Kier molecular flexibility index (Phi) is 6.45. The number of methoxy groups -OCH3 is 2. The van der Waals surface area contributed by atoms with Crippen LogP contribution in [0.25, 0.3) is 16.6 Å². The van der Waals surface area contributed by atoms with Crippen molar-refractivity contribution < 1.29 is 14.0 Å². The predicted molar refractivity (Wildman–Crippen MR) is 123 cm³/mol. The molecule has 0 unspecified atom stereocenters. The Labute approximate surface area is 189 Å². The van der Waals surface area contributed by atoms with Crippen LogP contribution in [0.5, 0.6) is 11.5 Å². The third-order valence-corrected chi connectivity index (χ3v) is 6.00. The van der Waals surface area contributed by atoms with Gasteiger partial charge in [-0.05, 0) is 37.6 Å². The Morgan fingerprint density at radius 2 is 1.88 bits per heavy atom. The molecule has 0 bridgehead atoms. The van der Waals surface area contributed by atoms with E-state index < -0.39 is 0 Å². The fourth-order valence-electron chi connectivity index (χ4n) is 3.35. The summed E-state index contributed by atoms with van der Waals surface area (Å²) in [7, 11) is 3.13. The number of nitrogens with zero attached hydrogens (tertiary/aromatic N) is 4. The highest BCUT2D eigenvalue weighted by atomic mass is 32.2. The van der Waals surface area contributed by atoms with E-state index in [1.165, 1.54) is 11.8 Å². The average Bonchev–Trinajstić information content (AvgIpc) is 3.28. The average molecular weight is 453 g/mol. The summed E-state index contributed by atoms with van der Waals surface area (Å²) in [6.07, 6.45) is 1.69. The Hall–Kier alpha value is -3.33. The molecule has 0 saturated heterocycles. The summed E-state index contributed by atoms with van der Waals surface area (Å²) in [5, 5.41) is 4.89. The molecule has 4 rings (SSSR count). The maximum Gasteiger partial charge on any atom is 0.266 e. The van der Waals surface area contributed by atoms with Crippen LogP contribution < -0.4 is 15.0 Å². The number of fused-ring (bicyclic) bond motifs is 1. The van der Waals surface area contributed by atoms with E-state index in [0.29, 0.717) is 45.0 Å². The first-order chi connectivity index (χ1) is 15.5. The van der Waals surface area contributed by atoms with E-state index in [0.717, 1.165) is 12.8 Å². The Bertz CT molecular complexity index is 1300. The summed E-state index contributed by atoms with van der Waals surface area (Å²) in [6.45, 7) is 4.02. The highest BCUT2D eigenvalue weighted by Gasteiger charge is 2.21. The van der Waals surface area contributed by atoms with E-state index in [1.807, 2.05) is 25.1 Å². The molecule has 0 N–H and O–H groups in total. The lowest BCUT2D eigenvalue weighted by molar-refractivity contribution is 0.354. The normalized spacial score (nSPS) is 12.1. The van der Waals surface area contributed by atoms with Gasteiger partial charge in [-0.1, -0.05) is 36.0 Å². The minimum absolute atomic E-state index is 0.172. The fourth-order valence-corrected chi connectivity index (χ4v) is 4.31. The smallest absolute Gasteiger partial charge is 0.266 e. The summed E-state index contributed by atoms with van der Waals surface area (Å²) < 4.78 is 17.8. The Morgan fingerprint density at radius 1 is 1.09 bits per heavy atom. The van der Waals surface area contributed by atoms with Gasteiger partial charge in [0, 0.05) is 12.5 Å². The van der Waals surface area contributed by atoms with Gasteiger partial charge < -0.3 is 14.0 Å². The lowest BCUT2D eigenvalue weighted by Crippen LogP contribution is -2.22. The molecule has 0 amide bonds. The Balaban J connectivity index is 1.83. The van der Waals surface area contributed by atoms with Crippen molar-refractivity contribution in [2.45, 2.75) is 37.1 Å². The Morgan fingerprint density at radius 3 is 2.62 bits per heavy atom. The third-order valence-electron chi connectivity index (χ3n) is 4.96. The summed E-state index contributed by atoms with van der Waals surface area (Å²) >= 11 is 1.39. The van der Waals surface area contributed by atoms with Gasteiger partial charge in [0.2, 0.25) is 5.89 Å². The van der Waals surface area contributed by atoms with Gasteiger partial charge in [0.15, 0.2) is 22.5 Å². The molecule has 0 aliphatic heterocycles. The number of para-hydroxylation sites is 1. The molecular weight excluding hydrogens is 428 g/mol. The zero-order valence-corrected chi connectivity index (χ0v) is 19.2. The largest absolute Gasteiger partial charge is 0.493 e. The molecule has 0 spiro atoms. The molecular formula is C23H24N4O4S. The van der Waals surface area contributed by atoms with Gasteiger partial charge in [-0.2, -0.15) is 4.98 Å². The van der Waals surface area contributed by atoms with Crippen molar-refractivity contribution >= 4 is 22.7 Å². The number of rotatable bonds is 8. The lowest BCUT2D eigenvalue weighted by Gasteiger charge is -2.16. The van der Waals surface area contributed by atoms with Crippen LogP contribution in [0.4, 0.5) is 0 Å². The van der Waals surface area contributed by atoms with Gasteiger partial charge in [0.1, 0.15) is 0 Å². The molecule has 0 aliphatic rings. The van der Waals surface area contributed by atoms with Gasteiger partial charge in [-0.15, -0.1) is 0 Å². The maximum atomic E-state index is 13.5. The van der Waals surface area contributed by atoms with Crippen molar-refractivity contribution in [3.05, 3.63) is 64.5 Å². The van der Waals surface area contributed by atoms with Crippen LogP contribution in [0.2, 0.25) is 0 Å². The number of ether oxygens (including phenoxy) is 2. The molecule has 4 aromatic rings. The van der Waals surface area contributed by atoms with Crippen molar-refractivity contribution in [1.29, 1.82) is 0 Å². The molecule has 8 nitrogen and oxygen atoms in total. The molecule has 32 heavy (non-hydrogen) atoms. The number of hydrogen-bond acceptors (Lipinski definition) is 8. The first kappa shape index (κ1) is 21.9. The second kappa shape index (κ2) is 9.44. The molecule has 2 aromatic heterocycles. The quantitative estimate of drug-likeness (QED) is 0.283. The highest BCUT2D eigenvalue weighted by molar-refractivity contribution is 7.99. The van der Waals surface area contributed by atoms with Gasteiger partial charge in [-0.25, -0.2) is 4.98 Å². The van der Waals surface area contributed by atoms with Gasteiger partial charge in [-0.3, -0.25) is 9.36 Å². The van der Waals surface area contributed by atoms with Crippen LogP contribution in [0.3, 0.4) is 0 Å². The first-order valence-electron chi connectivity index (χ1n) is 10.3. The van der Waals surface area contributed by atoms with Crippen LogP contribution in [-0.2, 0) is 6.42 Å². The van der Waals surface area contributed by atoms with E-state index in [-0.39, 0.29) is 10.8 Å². The van der Waals surface area contributed by atoms with Crippen molar-refractivity contribution in [3.8, 4) is 17.2 Å².